The van der Waals surface area contributed by atoms with Gasteiger partial charge in [0.15, 0.2) is 0 Å². The van der Waals surface area contributed by atoms with E-state index in [1.54, 1.807) is 30.2 Å². The van der Waals surface area contributed by atoms with Gasteiger partial charge in [0.2, 0.25) is 0 Å². The SMILES string of the molecule is CCC1CCc2sc(C(=O)N(C)CC(C)O)cc2C1. The van der Waals surface area contributed by atoms with E-state index < -0.39 is 6.10 Å². The van der Waals surface area contributed by atoms with Crippen molar-refractivity contribution in [1.82, 2.24) is 4.90 Å². The standard InChI is InChI=1S/C15H23NO2S/c1-4-11-5-6-13-12(7-11)8-14(19-13)15(18)16(3)9-10(2)17/h8,10-11,17H,4-7,9H2,1-3H3. The second-order valence-corrected chi connectivity index (χ2v) is 6.75. The summed E-state index contributed by atoms with van der Waals surface area (Å²) in [5.74, 6) is 0.814. The zero-order chi connectivity index (χ0) is 14.0. The van der Waals surface area contributed by atoms with Gasteiger partial charge in [-0.05, 0) is 43.7 Å². The molecule has 0 spiro atoms. The molecule has 1 amide bonds. The first-order valence-electron chi connectivity index (χ1n) is 7.06. The molecule has 1 heterocycles. The van der Waals surface area contributed by atoms with Crippen LogP contribution in [0.1, 0.15) is 46.8 Å². The third-order valence-electron chi connectivity index (χ3n) is 3.86. The summed E-state index contributed by atoms with van der Waals surface area (Å²) in [4.78, 5) is 16.1. The summed E-state index contributed by atoms with van der Waals surface area (Å²) < 4.78 is 0. The predicted octanol–water partition coefficient (Wildman–Crippen LogP) is 2.72. The highest BCUT2D eigenvalue weighted by Gasteiger charge is 2.23. The number of amides is 1. The van der Waals surface area contributed by atoms with Crippen molar-refractivity contribution in [3.63, 3.8) is 0 Å². The highest BCUT2D eigenvalue weighted by molar-refractivity contribution is 7.14. The van der Waals surface area contributed by atoms with Crippen molar-refractivity contribution < 1.29 is 9.90 Å². The van der Waals surface area contributed by atoms with Crippen LogP contribution in [0.2, 0.25) is 0 Å². The molecule has 0 bridgehead atoms. The van der Waals surface area contributed by atoms with Crippen molar-refractivity contribution in [2.45, 2.75) is 45.6 Å². The lowest BCUT2D eigenvalue weighted by molar-refractivity contribution is 0.0708. The third-order valence-corrected chi connectivity index (χ3v) is 5.08. The molecule has 0 saturated heterocycles. The molecule has 0 aliphatic heterocycles. The molecule has 2 atom stereocenters. The topological polar surface area (TPSA) is 40.5 Å². The summed E-state index contributed by atoms with van der Waals surface area (Å²) in [5.41, 5.74) is 1.37. The number of thiophene rings is 1. The molecule has 2 unspecified atom stereocenters. The Kier molecular flexibility index (Phi) is 4.63. The van der Waals surface area contributed by atoms with E-state index in [0.29, 0.717) is 6.54 Å². The van der Waals surface area contributed by atoms with Gasteiger partial charge in [-0.2, -0.15) is 0 Å². The number of hydrogen-bond acceptors (Lipinski definition) is 3. The Labute approximate surface area is 119 Å². The molecule has 0 radical (unpaired) electrons. The Hall–Kier alpha value is -0.870. The highest BCUT2D eigenvalue weighted by atomic mass is 32.1. The van der Waals surface area contributed by atoms with Crippen molar-refractivity contribution in [3.8, 4) is 0 Å². The molecule has 0 fully saturated rings. The van der Waals surface area contributed by atoms with Crippen molar-refractivity contribution in [1.29, 1.82) is 0 Å². The number of fused-ring (bicyclic) bond motifs is 1. The minimum atomic E-state index is -0.479. The third kappa shape index (κ3) is 3.37. The molecule has 3 nitrogen and oxygen atoms in total. The van der Waals surface area contributed by atoms with Crippen molar-refractivity contribution >= 4 is 17.2 Å². The zero-order valence-electron chi connectivity index (χ0n) is 12.0. The normalized spacial score (nSPS) is 19.9. The Balaban J connectivity index is 2.10. The van der Waals surface area contributed by atoms with E-state index in [4.69, 9.17) is 0 Å². The summed E-state index contributed by atoms with van der Waals surface area (Å²) in [6.45, 7) is 4.33. The summed E-state index contributed by atoms with van der Waals surface area (Å²) >= 11 is 1.64. The van der Waals surface area contributed by atoms with E-state index in [-0.39, 0.29) is 5.91 Å². The van der Waals surface area contributed by atoms with E-state index in [9.17, 15) is 9.90 Å². The van der Waals surface area contributed by atoms with E-state index in [1.807, 2.05) is 0 Å². The zero-order valence-corrected chi connectivity index (χ0v) is 12.8. The van der Waals surface area contributed by atoms with Gasteiger partial charge >= 0.3 is 0 Å². The van der Waals surface area contributed by atoms with Gasteiger partial charge in [-0.1, -0.05) is 13.3 Å². The predicted molar refractivity (Wildman–Crippen MR) is 78.8 cm³/mol. The monoisotopic (exact) mass is 281 g/mol. The van der Waals surface area contributed by atoms with Crippen LogP contribution in [-0.2, 0) is 12.8 Å². The first-order chi connectivity index (χ1) is 9.01. The molecule has 1 aromatic heterocycles. The van der Waals surface area contributed by atoms with Crippen molar-refractivity contribution in [2.75, 3.05) is 13.6 Å². The fraction of sp³-hybridized carbons (Fsp3) is 0.667. The van der Waals surface area contributed by atoms with Crippen LogP contribution < -0.4 is 0 Å². The van der Waals surface area contributed by atoms with Crippen molar-refractivity contribution in [2.24, 2.45) is 5.92 Å². The lowest BCUT2D eigenvalue weighted by Gasteiger charge is -2.19. The van der Waals surface area contributed by atoms with Gasteiger partial charge in [0, 0.05) is 18.5 Å². The molecule has 1 aliphatic carbocycles. The number of aliphatic hydroxyl groups excluding tert-OH is 1. The lowest BCUT2D eigenvalue weighted by Crippen LogP contribution is -2.32. The van der Waals surface area contributed by atoms with Gasteiger partial charge in [0.1, 0.15) is 0 Å². The summed E-state index contributed by atoms with van der Waals surface area (Å²) in [6, 6.07) is 2.07. The first kappa shape index (κ1) is 14.5. The maximum atomic E-state index is 12.3. The summed E-state index contributed by atoms with van der Waals surface area (Å²) in [6.07, 6.45) is 4.23. The second-order valence-electron chi connectivity index (χ2n) is 5.61. The van der Waals surface area contributed by atoms with Gasteiger partial charge in [0.25, 0.3) is 5.91 Å². The Bertz CT molecular complexity index is 453. The molecule has 19 heavy (non-hydrogen) atoms. The molecule has 4 heteroatoms. The van der Waals surface area contributed by atoms with Gasteiger partial charge in [-0.25, -0.2) is 0 Å². The fourth-order valence-electron chi connectivity index (χ4n) is 2.72. The molecule has 1 N–H and O–H groups in total. The van der Waals surface area contributed by atoms with Crippen LogP contribution >= 0.6 is 11.3 Å². The molecule has 106 valence electrons. The van der Waals surface area contributed by atoms with Crippen LogP contribution in [0.15, 0.2) is 6.07 Å². The molecular weight excluding hydrogens is 258 g/mol. The van der Waals surface area contributed by atoms with E-state index >= 15 is 0 Å². The molecule has 2 rings (SSSR count). The first-order valence-corrected chi connectivity index (χ1v) is 7.88. The van der Waals surface area contributed by atoms with Gasteiger partial charge in [0.05, 0.1) is 11.0 Å². The Morgan fingerprint density at radius 3 is 3.00 bits per heavy atom. The van der Waals surface area contributed by atoms with Crippen LogP contribution in [0.5, 0.6) is 0 Å². The number of carbonyl (C=O) groups excluding carboxylic acids is 1. The van der Waals surface area contributed by atoms with Gasteiger partial charge < -0.3 is 10.0 Å². The fourth-order valence-corrected chi connectivity index (χ4v) is 3.92. The minimum absolute atomic E-state index is 0.0355. The average molecular weight is 281 g/mol. The summed E-state index contributed by atoms with van der Waals surface area (Å²) in [7, 11) is 1.75. The quantitative estimate of drug-likeness (QED) is 0.922. The maximum Gasteiger partial charge on any atom is 0.263 e. The number of rotatable bonds is 4. The average Bonchev–Trinajstić information content (AvgIpc) is 2.79. The van der Waals surface area contributed by atoms with E-state index in [2.05, 4.69) is 13.0 Å². The van der Waals surface area contributed by atoms with Crippen molar-refractivity contribution in [3.05, 3.63) is 21.4 Å². The van der Waals surface area contributed by atoms with Crippen LogP contribution in [0.3, 0.4) is 0 Å². The van der Waals surface area contributed by atoms with Gasteiger partial charge in [-0.3, -0.25) is 4.79 Å². The van der Waals surface area contributed by atoms with E-state index in [1.165, 1.54) is 23.3 Å². The molecule has 1 aliphatic rings. The van der Waals surface area contributed by atoms with Crippen LogP contribution in [0, 0.1) is 5.92 Å². The largest absolute Gasteiger partial charge is 0.392 e. The maximum absolute atomic E-state index is 12.3. The second kappa shape index (κ2) is 6.06. The molecule has 0 saturated carbocycles. The van der Waals surface area contributed by atoms with E-state index in [0.717, 1.165) is 23.6 Å². The number of nitrogens with zero attached hydrogens (tertiary/aromatic N) is 1. The minimum Gasteiger partial charge on any atom is -0.392 e. The van der Waals surface area contributed by atoms with Crippen LogP contribution in [0.25, 0.3) is 0 Å². The Morgan fingerprint density at radius 2 is 2.37 bits per heavy atom. The molecule has 1 aromatic rings. The lowest BCUT2D eigenvalue weighted by atomic mass is 9.87. The number of carbonyl (C=O) groups is 1. The number of hydrogen-bond donors (Lipinski definition) is 1. The van der Waals surface area contributed by atoms with Crippen LogP contribution in [-0.4, -0.2) is 35.6 Å². The smallest absolute Gasteiger partial charge is 0.263 e. The molecular formula is C15H23NO2S. The number of aryl methyl sites for hydroxylation is 1. The van der Waals surface area contributed by atoms with Crippen LogP contribution in [0.4, 0.5) is 0 Å². The highest BCUT2D eigenvalue weighted by Crippen LogP contribution is 2.33. The van der Waals surface area contributed by atoms with Gasteiger partial charge in [-0.15, -0.1) is 11.3 Å². The number of likely N-dealkylation sites (N-methyl/N-ethyl adjacent to an activating group) is 1. The summed E-state index contributed by atoms with van der Waals surface area (Å²) in [5, 5.41) is 9.36. The number of aliphatic hydroxyl groups is 1. The molecule has 0 aromatic carbocycles. The Morgan fingerprint density at radius 1 is 1.63 bits per heavy atom.